The van der Waals surface area contributed by atoms with Crippen molar-refractivity contribution in [2.45, 2.75) is 34.6 Å². The highest BCUT2D eigenvalue weighted by molar-refractivity contribution is 5.97. The molecule has 0 rings (SSSR count). The minimum Gasteiger partial charge on any atom is -0.295 e. The van der Waals surface area contributed by atoms with Crippen LogP contribution in [0.25, 0.3) is 0 Å². The highest BCUT2D eigenvalue weighted by atomic mass is 16.1. The molecule has 0 aliphatic heterocycles. The van der Waals surface area contributed by atoms with Crippen molar-refractivity contribution >= 4 is 5.78 Å². The van der Waals surface area contributed by atoms with Gasteiger partial charge in [-0.2, -0.15) is 0 Å². The zero-order chi connectivity index (χ0) is 12.0. The topological polar surface area (TPSA) is 17.1 Å². The predicted octanol–water partition coefficient (Wildman–Crippen LogP) is 3.99. The lowest BCUT2D eigenvalue weighted by atomic mass is 10.0. The van der Waals surface area contributed by atoms with E-state index in [-0.39, 0.29) is 5.78 Å². The molecule has 1 heteroatoms. The Morgan fingerprint density at radius 3 is 1.93 bits per heavy atom. The summed E-state index contributed by atoms with van der Waals surface area (Å²) in [6.45, 7) is 13.2. The van der Waals surface area contributed by atoms with Crippen LogP contribution < -0.4 is 0 Å². The van der Waals surface area contributed by atoms with Gasteiger partial charge in [0.25, 0.3) is 0 Å². The molecule has 0 fully saturated rings. The van der Waals surface area contributed by atoms with Crippen molar-refractivity contribution in [3.8, 4) is 0 Å². The number of hydrogen-bond donors (Lipinski definition) is 0. The Balaban J connectivity index is 5.25. The highest BCUT2D eigenvalue weighted by Crippen LogP contribution is 2.14. The second-order valence-electron chi connectivity index (χ2n) is 3.76. The summed E-state index contributed by atoms with van der Waals surface area (Å²) in [6, 6.07) is 0. The smallest absolute Gasteiger partial charge is 0.160 e. The minimum atomic E-state index is 0.0649. The molecular weight excluding hydrogens is 184 g/mol. The Bertz CT molecular complexity index is 336. The van der Waals surface area contributed by atoms with Crippen LogP contribution >= 0.6 is 0 Å². The Morgan fingerprint density at radius 2 is 1.60 bits per heavy atom. The lowest BCUT2D eigenvalue weighted by molar-refractivity contribution is -0.113. The molecule has 0 aromatic carbocycles. The molecule has 0 N–H and O–H groups in total. The number of allylic oxidation sites excluding steroid dienone is 7. The van der Waals surface area contributed by atoms with Crippen LogP contribution in [0, 0.1) is 0 Å². The molecule has 0 aromatic heterocycles. The predicted molar refractivity (Wildman–Crippen MR) is 66.8 cm³/mol. The quantitative estimate of drug-likeness (QED) is 0.500. The van der Waals surface area contributed by atoms with Crippen LogP contribution in [0.5, 0.6) is 0 Å². The highest BCUT2D eigenvalue weighted by Gasteiger charge is 2.04. The number of carbonyl (C=O) groups excluding carboxylic acids is 1. The fraction of sp³-hybridized carbons (Fsp3) is 0.357. The van der Waals surface area contributed by atoms with E-state index in [2.05, 4.69) is 6.58 Å². The van der Waals surface area contributed by atoms with Crippen molar-refractivity contribution in [1.82, 2.24) is 0 Å². The van der Waals surface area contributed by atoms with Gasteiger partial charge in [0, 0.05) is 5.57 Å². The summed E-state index contributed by atoms with van der Waals surface area (Å²) in [4.78, 5) is 11.3. The lowest BCUT2D eigenvalue weighted by Gasteiger charge is -2.04. The maximum atomic E-state index is 11.3. The van der Waals surface area contributed by atoms with Gasteiger partial charge >= 0.3 is 0 Å². The summed E-state index contributed by atoms with van der Waals surface area (Å²) in [5, 5.41) is 0. The summed E-state index contributed by atoms with van der Waals surface area (Å²) >= 11 is 0. The summed E-state index contributed by atoms with van der Waals surface area (Å²) in [5.74, 6) is 0.0649. The molecule has 0 aliphatic rings. The monoisotopic (exact) mass is 204 g/mol. The van der Waals surface area contributed by atoms with Crippen molar-refractivity contribution in [3.63, 3.8) is 0 Å². The molecule has 0 saturated heterocycles. The van der Waals surface area contributed by atoms with E-state index in [1.807, 2.05) is 45.9 Å². The van der Waals surface area contributed by atoms with E-state index in [1.165, 1.54) is 0 Å². The number of rotatable bonds is 4. The van der Waals surface area contributed by atoms with E-state index in [0.717, 1.165) is 16.7 Å². The fourth-order valence-corrected chi connectivity index (χ4v) is 1.24. The van der Waals surface area contributed by atoms with Gasteiger partial charge in [-0.3, -0.25) is 4.79 Å². The largest absolute Gasteiger partial charge is 0.295 e. The van der Waals surface area contributed by atoms with Gasteiger partial charge in [-0.1, -0.05) is 18.7 Å². The molecule has 0 amide bonds. The van der Waals surface area contributed by atoms with Gasteiger partial charge < -0.3 is 0 Å². The number of hydrogen-bond acceptors (Lipinski definition) is 1. The third kappa shape index (κ3) is 4.59. The average molecular weight is 204 g/mol. The molecule has 0 unspecified atom stereocenters. The molecule has 0 aliphatic carbocycles. The van der Waals surface area contributed by atoms with E-state index >= 15 is 0 Å². The lowest BCUT2D eigenvalue weighted by Crippen LogP contribution is -1.98. The molecular formula is C14H20O. The van der Waals surface area contributed by atoms with Gasteiger partial charge in [-0.25, -0.2) is 0 Å². The van der Waals surface area contributed by atoms with Crippen molar-refractivity contribution < 1.29 is 4.79 Å². The van der Waals surface area contributed by atoms with Crippen molar-refractivity contribution in [1.29, 1.82) is 0 Å². The first-order valence-electron chi connectivity index (χ1n) is 5.08. The molecule has 0 spiro atoms. The number of carbonyl (C=O) groups is 1. The average Bonchev–Trinajstić information content (AvgIpc) is 2.12. The Kier molecular flexibility index (Phi) is 5.61. The SMILES string of the molecule is C=C(C)\C(=C/C(C)=C(C)/C=C/C)C(C)=O. The van der Waals surface area contributed by atoms with E-state index in [1.54, 1.807) is 6.92 Å². The zero-order valence-corrected chi connectivity index (χ0v) is 10.3. The molecule has 0 atom stereocenters. The van der Waals surface area contributed by atoms with Crippen LogP contribution in [0.4, 0.5) is 0 Å². The molecule has 0 radical (unpaired) electrons. The van der Waals surface area contributed by atoms with Crippen LogP contribution in [0.1, 0.15) is 34.6 Å². The number of Topliss-reactive ketones (excluding diaryl/α,β-unsaturated/α-hetero) is 1. The second kappa shape index (κ2) is 6.18. The minimum absolute atomic E-state index is 0.0649. The molecule has 0 heterocycles. The Labute approximate surface area is 92.9 Å². The van der Waals surface area contributed by atoms with Crippen LogP contribution in [0.2, 0.25) is 0 Å². The van der Waals surface area contributed by atoms with E-state index in [4.69, 9.17) is 0 Å². The maximum absolute atomic E-state index is 11.3. The molecule has 82 valence electrons. The van der Waals surface area contributed by atoms with E-state index in [9.17, 15) is 4.79 Å². The van der Waals surface area contributed by atoms with Gasteiger partial charge in [-0.05, 0) is 57.4 Å². The molecule has 0 aromatic rings. The molecule has 0 saturated carbocycles. The zero-order valence-electron chi connectivity index (χ0n) is 10.3. The Hall–Kier alpha value is -1.37. The fourth-order valence-electron chi connectivity index (χ4n) is 1.24. The maximum Gasteiger partial charge on any atom is 0.160 e. The van der Waals surface area contributed by atoms with Crippen LogP contribution in [-0.2, 0) is 4.79 Å². The van der Waals surface area contributed by atoms with Gasteiger partial charge in [-0.15, -0.1) is 0 Å². The van der Waals surface area contributed by atoms with E-state index in [0.29, 0.717) is 5.57 Å². The summed E-state index contributed by atoms with van der Waals surface area (Å²) < 4.78 is 0. The molecule has 1 nitrogen and oxygen atoms in total. The van der Waals surface area contributed by atoms with Crippen molar-refractivity contribution in [2.24, 2.45) is 0 Å². The van der Waals surface area contributed by atoms with Gasteiger partial charge in [0.15, 0.2) is 5.78 Å². The van der Waals surface area contributed by atoms with Gasteiger partial charge in [0.1, 0.15) is 0 Å². The summed E-state index contributed by atoms with van der Waals surface area (Å²) in [7, 11) is 0. The first-order valence-corrected chi connectivity index (χ1v) is 5.08. The van der Waals surface area contributed by atoms with Gasteiger partial charge in [0.2, 0.25) is 0 Å². The third-order valence-corrected chi connectivity index (χ3v) is 2.24. The van der Waals surface area contributed by atoms with Crippen molar-refractivity contribution in [3.05, 3.63) is 47.1 Å². The summed E-state index contributed by atoms with van der Waals surface area (Å²) in [6.07, 6.45) is 5.92. The standard InChI is InChI=1S/C14H20O/c1-7-8-11(4)12(5)9-14(10(2)3)13(6)15/h7-9H,2H2,1,3-6H3/b8-7+,12-11+,14-9+. The summed E-state index contributed by atoms with van der Waals surface area (Å²) in [5.41, 5.74) is 3.78. The third-order valence-electron chi connectivity index (χ3n) is 2.24. The van der Waals surface area contributed by atoms with Crippen LogP contribution in [-0.4, -0.2) is 5.78 Å². The molecule has 0 bridgehead atoms. The first kappa shape index (κ1) is 13.6. The normalized spacial score (nSPS) is 14.1. The van der Waals surface area contributed by atoms with Gasteiger partial charge in [0.05, 0.1) is 0 Å². The number of ketones is 1. The first-order chi connectivity index (χ1) is 6.90. The Morgan fingerprint density at radius 1 is 1.07 bits per heavy atom. The molecule has 15 heavy (non-hydrogen) atoms. The van der Waals surface area contributed by atoms with E-state index < -0.39 is 0 Å². The second-order valence-corrected chi connectivity index (χ2v) is 3.76. The van der Waals surface area contributed by atoms with Crippen LogP contribution in [0.15, 0.2) is 47.1 Å². The van der Waals surface area contributed by atoms with Crippen molar-refractivity contribution in [2.75, 3.05) is 0 Å². The van der Waals surface area contributed by atoms with Crippen LogP contribution in [0.3, 0.4) is 0 Å².